The van der Waals surface area contributed by atoms with E-state index in [-0.39, 0.29) is 11.3 Å². The number of aromatic nitrogens is 1. The minimum absolute atomic E-state index is 0.153. The summed E-state index contributed by atoms with van der Waals surface area (Å²) < 4.78 is 0. The highest BCUT2D eigenvalue weighted by molar-refractivity contribution is 6.06. The molecule has 4 nitrogen and oxygen atoms in total. The lowest BCUT2D eigenvalue weighted by molar-refractivity contribution is -0.120. The van der Waals surface area contributed by atoms with E-state index in [1.54, 1.807) is 6.07 Å². The summed E-state index contributed by atoms with van der Waals surface area (Å²) in [6.07, 6.45) is 4.10. The van der Waals surface area contributed by atoms with Gasteiger partial charge in [-0.05, 0) is 48.7 Å². The molecule has 21 heavy (non-hydrogen) atoms. The monoisotopic (exact) mass is 277 g/mol. The normalized spacial score (nSPS) is 18.5. The van der Waals surface area contributed by atoms with Crippen LogP contribution in [-0.2, 0) is 10.2 Å². The van der Waals surface area contributed by atoms with Crippen LogP contribution in [0.5, 0.6) is 0 Å². The average molecular weight is 277 g/mol. The first-order chi connectivity index (χ1) is 10.2. The molecule has 0 saturated heterocycles. The molecule has 2 N–H and O–H groups in total. The molecular formula is C17H15N3O. The number of hydrogen-bond donors (Lipinski definition) is 2. The van der Waals surface area contributed by atoms with Gasteiger partial charge in [0.2, 0.25) is 11.7 Å². The van der Waals surface area contributed by atoms with Crippen LogP contribution < -0.4 is 5.32 Å². The number of anilines is 1. The van der Waals surface area contributed by atoms with Crippen molar-refractivity contribution in [2.24, 2.45) is 0 Å². The van der Waals surface area contributed by atoms with E-state index in [4.69, 9.17) is 6.57 Å². The molecule has 1 spiro atoms. The number of carbonyl (C=O) groups is 1. The number of nitrogens with one attached hydrogen (secondary N) is 2. The van der Waals surface area contributed by atoms with Crippen molar-refractivity contribution >= 4 is 17.4 Å². The van der Waals surface area contributed by atoms with Gasteiger partial charge in [0.25, 0.3) is 0 Å². The Morgan fingerprint density at radius 3 is 2.67 bits per heavy atom. The van der Waals surface area contributed by atoms with Crippen LogP contribution in [0.25, 0.3) is 16.1 Å². The van der Waals surface area contributed by atoms with Gasteiger partial charge >= 0.3 is 0 Å². The van der Waals surface area contributed by atoms with Crippen LogP contribution in [0.2, 0.25) is 0 Å². The zero-order valence-electron chi connectivity index (χ0n) is 11.6. The van der Waals surface area contributed by atoms with Crippen LogP contribution in [0.4, 0.5) is 11.5 Å². The molecule has 2 aliphatic rings. The predicted octanol–water partition coefficient (Wildman–Crippen LogP) is 4.00. The van der Waals surface area contributed by atoms with E-state index in [1.165, 1.54) is 0 Å². The molecule has 2 heterocycles. The minimum Gasteiger partial charge on any atom is -0.364 e. The third-order valence-electron chi connectivity index (χ3n) is 4.78. The van der Waals surface area contributed by atoms with Crippen molar-refractivity contribution in [3.63, 3.8) is 0 Å². The van der Waals surface area contributed by atoms with Gasteiger partial charge in [-0.3, -0.25) is 4.79 Å². The van der Waals surface area contributed by atoms with Gasteiger partial charge in [-0.15, -0.1) is 0 Å². The van der Waals surface area contributed by atoms with Crippen LogP contribution in [0.3, 0.4) is 0 Å². The first-order valence-corrected chi connectivity index (χ1v) is 7.26. The van der Waals surface area contributed by atoms with Crippen LogP contribution in [-0.4, -0.2) is 10.9 Å². The molecule has 0 bridgehead atoms. The van der Waals surface area contributed by atoms with E-state index >= 15 is 0 Å². The van der Waals surface area contributed by atoms with Gasteiger partial charge in [0.1, 0.15) is 5.69 Å². The van der Waals surface area contributed by atoms with E-state index in [1.807, 2.05) is 18.2 Å². The molecule has 4 rings (SSSR count). The average Bonchev–Trinajstić information content (AvgIpc) is 3.22. The zero-order valence-corrected chi connectivity index (χ0v) is 11.6. The Balaban J connectivity index is 1.83. The summed E-state index contributed by atoms with van der Waals surface area (Å²) in [6, 6.07) is 9.78. The number of nitrogens with zero attached hydrogens (tertiary/aromatic N) is 1. The molecule has 4 heteroatoms. The number of fused-ring (bicyclic) bond motifs is 2. The van der Waals surface area contributed by atoms with Gasteiger partial charge in [0, 0.05) is 11.3 Å². The fourth-order valence-corrected chi connectivity index (χ4v) is 3.67. The van der Waals surface area contributed by atoms with Gasteiger partial charge in [-0.2, -0.15) is 0 Å². The number of amides is 1. The summed E-state index contributed by atoms with van der Waals surface area (Å²) in [7, 11) is 0. The van der Waals surface area contributed by atoms with E-state index in [0.717, 1.165) is 48.2 Å². The molecule has 0 unspecified atom stereocenters. The van der Waals surface area contributed by atoms with Crippen LogP contribution in [0, 0.1) is 6.57 Å². The summed E-state index contributed by atoms with van der Waals surface area (Å²) in [6.45, 7) is 7.04. The summed E-state index contributed by atoms with van der Waals surface area (Å²) in [5, 5.41) is 3.03. The molecule has 1 aromatic carbocycles. The maximum absolute atomic E-state index is 12.4. The second-order valence-electron chi connectivity index (χ2n) is 5.87. The standard InChI is InChI=1S/C17H15N3O/c1-18-15-7-6-13(19-15)11-4-5-14-12(10-11)17(16(21)20-14)8-2-3-9-17/h4-7,10,19H,2-3,8-9H2,(H,20,21). The highest BCUT2D eigenvalue weighted by Gasteiger charge is 2.48. The number of aromatic amines is 1. The first kappa shape index (κ1) is 12.2. The van der Waals surface area contributed by atoms with Crippen molar-refractivity contribution in [1.82, 2.24) is 4.98 Å². The smallest absolute Gasteiger partial charge is 0.235 e. The first-order valence-electron chi connectivity index (χ1n) is 7.26. The number of rotatable bonds is 1. The Kier molecular flexibility index (Phi) is 2.46. The highest BCUT2D eigenvalue weighted by Crippen LogP contribution is 2.49. The molecule has 1 amide bonds. The van der Waals surface area contributed by atoms with E-state index in [9.17, 15) is 4.79 Å². The van der Waals surface area contributed by atoms with E-state index < -0.39 is 0 Å². The molecule has 1 aliphatic carbocycles. The zero-order chi connectivity index (χ0) is 14.4. The molecular weight excluding hydrogens is 262 g/mol. The molecule has 0 radical (unpaired) electrons. The van der Waals surface area contributed by atoms with Crippen molar-refractivity contribution in [1.29, 1.82) is 0 Å². The third-order valence-corrected chi connectivity index (χ3v) is 4.78. The molecule has 0 atom stereocenters. The van der Waals surface area contributed by atoms with Crippen molar-refractivity contribution in [3.05, 3.63) is 47.3 Å². The Hall–Kier alpha value is -2.54. The van der Waals surface area contributed by atoms with Gasteiger partial charge in [-0.25, -0.2) is 0 Å². The summed E-state index contributed by atoms with van der Waals surface area (Å²) in [5.41, 5.74) is 3.72. The third kappa shape index (κ3) is 1.64. The fraction of sp³-hybridized carbons (Fsp3) is 0.294. The quantitative estimate of drug-likeness (QED) is 0.761. The van der Waals surface area contributed by atoms with Gasteiger partial charge in [0.05, 0.1) is 5.41 Å². The number of hydrogen-bond acceptors (Lipinski definition) is 1. The summed E-state index contributed by atoms with van der Waals surface area (Å²) in [5.74, 6) is 0.691. The maximum Gasteiger partial charge on any atom is 0.235 e. The Bertz CT molecular complexity index is 776. The number of carbonyl (C=O) groups excluding carboxylic acids is 1. The Morgan fingerprint density at radius 2 is 1.95 bits per heavy atom. The second kappa shape index (κ2) is 4.23. The number of benzene rings is 1. The van der Waals surface area contributed by atoms with Crippen LogP contribution >= 0.6 is 0 Å². The topological polar surface area (TPSA) is 49.2 Å². The van der Waals surface area contributed by atoms with Crippen LogP contribution in [0.1, 0.15) is 31.2 Å². The maximum atomic E-state index is 12.4. The van der Waals surface area contributed by atoms with Gasteiger partial charge < -0.3 is 15.1 Å². The van der Waals surface area contributed by atoms with Gasteiger partial charge in [-0.1, -0.05) is 19.4 Å². The lowest BCUT2D eigenvalue weighted by atomic mass is 9.79. The summed E-state index contributed by atoms with van der Waals surface area (Å²) >= 11 is 0. The largest absolute Gasteiger partial charge is 0.364 e. The van der Waals surface area contributed by atoms with Crippen molar-refractivity contribution in [2.45, 2.75) is 31.1 Å². The van der Waals surface area contributed by atoms with Crippen molar-refractivity contribution < 1.29 is 4.79 Å². The van der Waals surface area contributed by atoms with Gasteiger partial charge in [0.15, 0.2) is 0 Å². The summed E-state index contributed by atoms with van der Waals surface area (Å²) in [4.78, 5) is 18.9. The highest BCUT2D eigenvalue weighted by atomic mass is 16.2. The lowest BCUT2D eigenvalue weighted by Gasteiger charge is -2.20. The molecule has 2 aromatic rings. The van der Waals surface area contributed by atoms with Crippen molar-refractivity contribution in [3.8, 4) is 11.3 Å². The molecule has 1 fully saturated rings. The predicted molar refractivity (Wildman–Crippen MR) is 81.3 cm³/mol. The SMILES string of the molecule is [C-]#[N+]c1ccc(-c2ccc3c(c2)C2(CCCC2)C(=O)N3)[nH]1. The fourth-order valence-electron chi connectivity index (χ4n) is 3.67. The lowest BCUT2D eigenvalue weighted by Crippen LogP contribution is -2.30. The molecule has 1 saturated carbocycles. The Morgan fingerprint density at radius 1 is 1.14 bits per heavy atom. The van der Waals surface area contributed by atoms with E-state index in [0.29, 0.717) is 5.82 Å². The molecule has 1 aliphatic heterocycles. The Labute approximate surface area is 123 Å². The van der Waals surface area contributed by atoms with Crippen LogP contribution in [0.15, 0.2) is 30.3 Å². The van der Waals surface area contributed by atoms with Crippen molar-refractivity contribution in [2.75, 3.05) is 5.32 Å². The molecule has 104 valence electrons. The molecule has 1 aromatic heterocycles. The second-order valence-corrected chi connectivity index (χ2v) is 5.87. The minimum atomic E-state index is -0.319. The number of H-pyrrole nitrogens is 1. The van der Waals surface area contributed by atoms with E-state index in [2.05, 4.69) is 21.2 Å².